The molecule has 31 heavy (non-hydrogen) atoms. The van der Waals surface area contributed by atoms with Crippen molar-refractivity contribution in [1.29, 1.82) is 0 Å². The molecule has 0 fully saturated rings. The summed E-state index contributed by atoms with van der Waals surface area (Å²) in [7, 11) is -3.49. The fourth-order valence-corrected chi connectivity index (χ4v) is 5.26. The van der Waals surface area contributed by atoms with E-state index in [2.05, 4.69) is 15.3 Å². The number of nitrogens with zero attached hydrogens (tertiary/aromatic N) is 2. The van der Waals surface area contributed by atoms with Gasteiger partial charge in [0.1, 0.15) is 10.6 Å². The summed E-state index contributed by atoms with van der Waals surface area (Å²) in [5.74, 6) is 0.176. The molecule has 0 radical (unpaired) electrons. The highest BCUT2D eigenvalue weighted by Gasteiger charge is 2.22. The molecule has 2 N–H and O–H groups in total. The second-order valence-electron chi connectivity index (χ2n) is 6.88. The third-order valence-electron chi connectivity index (χ3n) is 4.87. The highest BCUT2D eigenvalue weighted by atomic mass is 32.2. The Hall–Kier alpha value is -3.24. The number of carbonyl (C=O) groups excluding carboxylic acids is 1. The van der Waals surface area contributed by atoms with Crippen LogP contribution in [0.5, 0.6) is 5.75 Å². The van der Waals surface area contributed by atoms with Gasteiger partial charge in [-0.25, -0.2) is 18.4 Å². The molecular weight excluding hydrogens is 438 g/mol. The fraction of sp³-hybridized carbons (Fsp3) is 0.190. The number of anilines is 1. The van der Waals surface area contributed by atoms with E-state index >= 15 is 0 Å². The number of aromatic hydroxyl groups is 1. The van der Waals surface area contributed by atoms with Crippen LogP contribution in [0.2, 0.25) is 0 Å². The molecule has 0 aliphatic rings. The number of thiophene rings is 1. The summed E-state index contributed by atoms with van der Waals surface area (Å²) >= 11 is 1.19. The molecule has 4 aromatic rings. The normalized spacial score (nSPS) is 11.7. The molecule has 1 amide bonds. The number of rotatable bonds is 5. The number of hydrogen-bond donors (Lipinski definition) is 2. The molecule has 160 valence electrons. The number of aryl methyl sites for hydroxylation is 2. The summed E-state index contributed by atoms with van der Waals surface area (Å²) in [5, 5.41) is 13.5. The molecule has 3 aromatic heterocycles. The van der Waals surface area contributed by atoms with Crippen molar-refractivity contribution in [2.45, 2.75) is 25.7 Å². The van der Waals surface area contributed by atoms with Crippen LogP contribution in [-0.4, -0.2) is 35.2 Å². The molecule has 1 aromatic carbocycles. The van der Waals surface area contributed by atoms with Crippen LogP contribution in [0.3, 0.4) is 0 Å². The average Bonchev–Trinajstić information content (AvgIpc) is 3.38. The van der Waals surface area contributed by atoms with Crippen LogP contribution in [0.4, 0.5) is 5.69 Å². The van der Waals surface area contributed by atoms with Gasteiger partial charge in [-0.15, -0.1) is 11.3 Å². The molecule has 0 aliphatic heterocycles. The summed E-state index contributed by atoms with van der Waals surface area (Å²) in [6.07, 6.45) is 1.54. The Morgan fingerprint density at radius 1 is 1.23 bits per heavy atom. The van der Waals surface area contributed by atoms with Gasteiger partial charge in [-0.05, 0) is 49.7 Å². The van der Waals surface area contributed by atoms with Crippen molar-refractivity contribution in [3.63, 3.8) is 0 Å². The Morgan fingerprint density at radius 3 is 2.68 bits per heavy atom. The Bertz CT molecular complexity index is 1410. The average molecular weight is 458 g/mol. The van der Waals surface area contributed by atoms with Crippen molar-refractivity contribution < 1.29 is 22.7 Å². The largest absolute Gasteiger partial charge is 0.506 e. The zero-order valence-corrected chi connectivity index (χ0v) is 18.6. The first kappa shape index (κ1) is 21.0. The molecule has 4 rings (SSSR count). The van der Waals surface area contributed by atoms with Crippen LogP contribution < -0.4 is 5.32 Å². The molecule has 0 atom stereocenters. The van der Waals surface area contributed by atoms with E-state index in [9.17, 15) is 18.3 Å². The van der Waals surface area contributed by atoms with E-state index in [0.717, 1.165) is 5.39 Å². The first-order valence-corrected chi connectivity index (χ1v) is 11.9. The Labute approximate surface area is 182 Å². The fourth-order valence-electron chi connectivity index (χ4n) is 3.23. The SMILES string of the molecule is CCS(=O)(=O)c1ccc(O)c(NC(=O)c2sc3nc(-c4ccco4)nc(C)c3c2C)c1. The first-order valence-electron chi connectivity index (χ1n) is 9.40. The highest BCUT2D eigenvalue weighted by Crippen LogP contribution is 2.34. The number of sulfone groups is 1. The van der Waals surface area contributed by atoms with E-state index in [-0.39, 0.29) is 22.1 Å². The van der Waals surface area contributed by atoms with Gasteiger partial charge in [-0.1, -0.05) is 6.92 Å². The number of nitrogens with one attached hydrogen (secondary N) is 1. The predicted molar refractivity (Wildman–Crippen MR) is 118 cm³/mol. The molecule has 0 saturated carbocycles. The monoisotopic (exact) mass is 457 g/mol. The zero-order chi connectivity index (χ0) is 22.3. The minimum Gasteiger partial charge on any atom is -0.506 e. The lowest BCUT2D eigenvalue weighted by Gasteiger charge is -2.09. The van der Waals surface area contributed by atoms with Crippen molar-refractivity contribution in [3.05, 3.63) is 52.7 Å². The third-order valence-corrected chi connectivity index (χ3v) is 7.79. The lowest BCUT2D eigenvalue weighted by Crippen LogP contribution is -2.12. The lowest BCUT2D eigenvalue weighted by atomic mass is 10.1. The summed E-state index contributed by atoms with van der Waals surface area (Å²) in [6, 6.07) is 7.32. The second-order valence-corrected chi connectivity index (χ2v) is 10.2. The maximum Gasteiger partial charge on any atom is 0.266 e. The Balaban J connectivity index is 1.73. The number of hydrogen-bond acceptors (Lipinski definition) is 8. The minimum absolute atomic E-state index is 0.0236. The van der Waals surface area contributed by atoms with Crippen molar-refractivity contribution in [2.24, 2.45) is 0 Å². The van der Waals surface area contributed by atoms with E-state index in [4.69, 9.17) is 4.42 Å². The van der Waals surface area contributed by atoms with Crippen LogP contribution in [0.25, 0.3) is 21.8 Å². The van der Waals surface area contributed by atoms with E-state index in [1.54, 1.807) is 19.1 Å². The Morgan fingerprint density at radius 2 is 2.00 bits per heavy atom. The van der Waals surface area contributed by atoms with Gasteiger partial charge in [0.15, 0.2) is 21.4 Å². The van der Waals surface area contributed by atoms with Crippen LogP contribution in [0, 0.1) is 13.8 Å². The van der Waals surface area contributed by atoms with E-state index in [1.807, 2.05) is 6.92 Å². The molecule has 0 spiro atoms. The summed E-state index contributed by atoms with van der Waals surface area (Å²) in [4.78, 5) is 23.1. The lowest BCUT2D eigenvalue weighted by molar-refractivity contribution is 0.102. The van der Waals surface area contributed by atoms with Gasteiger partial charge in [-0.3, -0.25) is 4.79 Å². The maximum absolute atomic E-state index is 13.0. The molecule has 0 bridgehead atoms. The number of aromatic nitrogens is 2. The minimum atomic E-state index is -3.49. The molecule has 0 saturated heterocycles. The number of carbonyl (C=O) groups is 1. The maximum atomic E-state index is 13.0. The van der Waals surface area contributed by atoms with Crippen molar-refractivity contribution in [2.75, 3.05) is 11.1 Å². The first-order chi connectivity index (χ1) is 14.7. The van der Waals surface area contributed by atoms with Crippen molar-refractivity contribution >= 4 is 43.0 Å². The van der Waals surface area contributed by atoms with Crippen molar-refractivity contribution in [3.8, 4) is 17.3 Å². The number of phenolic OH excluding ortho intramolecular Hbond substituents is 1. The molecular formula is C21H19N3O5S2. The molecule has 0 aliphatic carbocycles. The van der Waals surface area contributed by atoms with Crippen LogP contribution in [0.1, 0.15) is 27.9 Å². The number of benzene rings is 1. The van der Waals surface area contributed by atoms with E-state index in [1.165, 1.54) is 42.7 Å². The van der Waals surface area contributed by atoms with Crippen LogP contribution in [-0.2, 0) is 9.84 Å². The quantitative estimate of drug-likeness (QED) is 0.428. The van der Waals surface area contributed by atoms with Gasteiger partial charge < -0.3 is 14.8 Å². The summed E-state index contributed by atoms with van der Waals surface area (Å²) < 4.78 is 29.7. The zero-order valence-electron chi connectivity index (χ0n) is 17.0. The topological polar surface area (TPSA) is 122 Å². The second kappa shape index (κ2) is 7.78. The van der Waals surface area contributed by atoms with Gasteiger partial charge in [0.25, 0.3) is 5.91 Å². The van der Waals surface area contributed by atoms with Gasteiger partial charge >= 0.3 is 0 Å². The summed E-state index contributed by atoms with van der Waals surface area (Å²) in [6.45, 7) is 5.17. The number of fused-ring (bicyclic) bond motifs is 1. The standard InChI is InChI=1S/C21H19N3O5S2/c1-4-31(27,28)13-7-8-15(25)14(10-13)23-20(26)18-11(2)17-12(3)22-19(24-21(17)30-18)16-6-5-9-29-16/h5-10,25H,4H2,1-3H3,(H,23,26). The van der Waals surface area contributed by atoms with Crippen molar-refractivity contribution in [1.82, 2.24) is 9.97 Å². The number of furan rings is 1. The van der Waals surface area contributed by atoms with Gasteiger partial charge in [0.05, 0.1) is 33.2 Å². The predicted octanol–water partition coefficient (Wildman–Crippen LogP) is 4.32. The Kier molecular flexibility index (Phi) is 5.28. The van der Waals surface area contributed by atoms with Gasteiger partial charge in [-0.2, -0.15) is 0 Å². The molecule has 0 unspecified atom stereocenters. The van der Waals surface area contributed by atoms with Crippen LogP contribution >= 0.6 is 11.3 Å². The molecule has 3 heterocycles. The smallest absolute Gasteiger partial charge is 0.266 e. The van der Waals surface area contributed by atoms with Crippen LogP contribution in [0.15, 0.2) is 45.9 Å². The third kappa shape index (κ3) is 3.79. The van der Waals surface area contributed by atoms with E-state index < -0.39 is 15.7 Å². The van der Waals surface area contributed by atoms with Gasteiger partial charge in [0, 0.05) is 5.39 Å². The highest BCUT2D eigenvalue weighted by molar-refractivity contribution is 7.91. The number of phenols is 1. The van der Waals surface area contributed by atoms with Gasteiger partial charge in [0.2, 0.25) is 0 Å². The molecule has 8 nitrogen and oxygen atoms in total. The molecule has 10 heteroatoms. The number of amides is 1. The summed E-state index contributed by atoms with van der Waals surface area (Å²) in [5.41, 5.74) is 1.44. The van der Waals surface area contributed by atoms with E-state index in [0.29, 0.717) is 32.5 Å².